The van der Waals surface area contributed by atoms with Crippen LogP contribution >= 0.6 is 0 Å². The molecule has 1 aromatic rings. The molecule has 1 saturated heterocycles. The zero-order valence-electron chi connectivity index (χ0n) is 8.51. The van der Waals surface area contributed by atoms with Crippen molar-refractivity contribution >= 4 is 11.9 Å². The minimum atomic E-state index is -1.12. The number of carboxylic acid groups (broad SMARTS) is 1. The molecule has 86 valence electrons. The van der Waals surface area contributed by atoms with E-state index < -0.39 is 5.97 Å². The molecule has 6 heteroatoms. The van der Waals surface area contributed by atoms with E-state index in [1.807, 2.05) is 0 Å². The summed E-state index contributed by atoms with van der Waals surface area (Å²) in [5.74, 6) is -1.37. The lowest BCUT2D eigenvalue weighted by molar-refractivity contribution is -0.143. The van der Waals surface area contributed by atoms with Crippen LogP contribution in [0.15, 0.2) is 16.7 Å². The van der Waals surface area contributed by atoms with Crippen LogP contribution in [0, 0.1) is 0 Å². The number of furan rings is 1. The number of aromatic carboxylic acids is 1. The summed E-state index contributed by atoms with van der Waals surface area (Å²) < 4.78 is 9.81. The van der Waals surface area contributed by atoms with Gasteiger partial charge in [0, 0.05) is 18.7 Å². The van der Waals surface area contributed by atoms with E-state index in [9.17, 15) is 9.59 Å². The Balaban J connectivity index is 2.10. The zero-order valence-corrected chi connectivity index (χ0v) is 8.51. The predicted molar refractivity (Wildman–Crippen MR) is 51.9 cm³/mol. The molecule has 0 unspecified atom stereocenters. The third-order valence-electron chi connectivity index (χ3n) is 2.39. The number of rotatable bonds is 3. The van der Waals surface area contributed by atoms with Gasteiger partial charge in [0.2, 0.25) is 11.7 Å². The van der Waals surface area contributed by atoms with Crippen molar-refractivity contribution in [2.24, 2.45) is 0 Å². The Labute approximate surface area is 91.4 Å². The number of amides is 1. The average molecular weight is 225 g/mol. The van der Waals surface area contributed by atoms with Gasteiger partial charge in [-0.1, -0.05) is 0 Å². The summed E-state index contributed by atoms with van der Waals surface area (Å²) in [6.07, 6.45) is 1.31. The van der Waals surface area contributed by atoms with Crippen LogP contribution in [0.25, 0.3) is 0 Å². The first-order valence-electron chi connectivity index (χ1n) is 4.83. The maximum atomic E-state index is 11.4. The molecule has 1 fully saturated rings. The maximum absolute atomic E-state index is 11.4. The number of carbonyl (C=O) groups is 2. The van der Waals surface area contributed by atoms with E-state index in [1.54, 1.807) is 11.0 Å². The van der Waals surface area contributed by atoms with Crippen LogP contribution < -0.4 is 0 Å². The molecule has 2 heterocycles. The lowest BCUT2D eigenvalue weighted by Crippen LogP contribution is -2.41. The third kappa shape index (κ3) is 2.06. The number of carboxylic acids is 1. The van der Waals surface area contributed by atoms with Crippen LogP contribution in [0.4, 0.5) is 0 Å². The van der Waals surface area contributed by atoms with E-state index in [4.69, 9.17) is 14.3 Å². The molecular formula is C10H11NO5. The van der Waals surface area contributed by atoms with Gasteiger partial charge in [0.05, 0.1) is 12.9 Å². The van der Waals surface area contributed by atoms with Gasteiger partial charge in [0.25, 0.3) is 0 Å². The minimum absolute atomic E-state index is 0.0558. The summed E-state index contributed by atoms with van der Waals surface area (Å²) in [5, 5.41) is 8.83. The fourth-order valence-corrected chi connectivity index (χ4v) is 1.57. The monoisotopic (exact) mass is 225 g/mol. The minimum Gasteiger partial charge on any atom is -0.475 e. The second kappa shape index (κ2) is 4.36. The van der Waals surface area contributed by atoms with Crippen molar-refractivity contribution in [3.63, 3.8) is 0 Å². The summed E-state index contributed by atoms with van der Waals surface area (Å²) in [7, 11) is 0. The van der Waals surface area contributed by atoms with Crippen LogP contribution in [0.5, 0.6) is 0 Å². The highest BCUT2D eigenvalue weighted by Gasteiger charge is 2.22. The third-order valence-corrected chi connectivity index (χ3v) is 2.39. The highest BCUT2D eigenvalue weighted by molar-refractivity contribution is 5.86. The highest BCUT2D eigenvalue weighted by Crippen LogP contribution is 2.14. The lowest BCUT2D eigenvalue weighted by atomic mass is 10.2. The molecule has 6 nitrogen and oxygen atoms in total. The van der Waals surface area contributed by atoms with Gasteiger partial charge in [-0.25, -0.2) is 4.79 Å². The SMILES string of the molecule is O=C(O)c1occc1CN1CCOCC1=O. The Morgan fingerprint density at radius 1 is 1.56 bits per heavy atom. The van der Waals surface area contributed by atoms with Gasteiger partial charge in [0.15, 0.2) is 0 Å². The predicted octanol–water partition coefficient (Wildman–Crippen LogP) is 0.337. The molecular weight excluding hydrogens is 214 g/mol. The Kier molecular flexibility index (Phi) is 2.91. The number of ether oxygens (including phenoxy) is 1. The van der Waals surface area contributed by atoms with E-state index in [0.29, 0.717) is 18.7 Å². The molecule has 16 heavy (non-hydrogen) atoms. The normalized spacial score (nSPS) is 16.5. The molecule has 0 bridgehead atoms. The number of hydrogen-bond donors (Lipinski definition) is 1. The Bertz CT molecular complexity index is 411. The van der Waals surface area contributed by atoms with Crippen LogP contribution in [0.1, 0.15) is 16.1 Å². The summed E-state index contributed by atoms with van der Waals surface area (Å²) in [5.41, 5.74) is 0.503. The quantitative estimate of drug-likeness (QED) is 0.802. The Morgan fingerprint density at radius 2 is 2.38 bits per heavy atom. The van der Waals surface area contributed by atoms with E-state index in [-0.39, 0.29) is 24.8 Å². The smallest absolute Gasteiger partial charge is 0.372 e. The molecule has 0 aliphatic carbocycles. The van der Waals surface area contributed by atoms with E-state index in [2.05, 4.69) is 0 Å². The van der Waals surface area contributed by atoms with E-state index >= 15 is 0 Å². The first-order valence-corrected chi connectivity index (χ1v) is 4.83. The average Bonchev–Trinajstić information content (AvgIpc) is 2.69. The molecule has 1 N–H and O–H groups in total. The van der Waals surface area contributed by atoms with Crippen molar-refractivity contribution in [3.05, 3.63) is 23.7 Å². The number of morpholine rings is 1. The number of hydrogen-bond acceptors (Lipinski definition) is 4. The molecule has 0 saturated carbocycles. The molecule has 1 amide bonds. The van der Waals surface area contributed by atoms with Crippen molar-refractivity contribution in [1.82, 2.24) is 4.90 Å². The lowest BCUT2D eigenvalue weighted by Gasteiger charge is -2.26. The molecule has 0 aromatic carbocycles. The van der Waals surface area contributed by atoms with Gasteiger partial charge in [-0.15, -0.1) is 0 Å². The van der Waals surface area contributed by atoms with E-state index in [0.717, 1.165) is 0 Å². The van der Waals surface area contributed by atoms with Crippen LogP contribution in [0.2, 0.25) is 0 Å². The van der Waals surface area contributed by atoms with Crippen LogP contribution in [0.3, 0.4) is 0 Å². The Morgan fingerprint density at radius 3 is 3.06 bits per heavy atom. The van der Waals surface area contributed by atoms with Crippen molar-refractivity contribution in [3.8, 4) is 0 Å². The summed E-state index contributed by atoms with van der Waals surface area (Å²) in [6, 6.07) is 1.56. The van der Waals surface area contributed by atoms with Gasteiger partial charge < -0.3 is 19.2 Å². The van der Waals surface area contributed by atoms with Crippen LogP contribution in [-0.2, 0) is 16.1 Å². The maximum Gasteiger partial charge on any atom is 0.372 e. The van der Waals surface area contributed by atoms with Crippen molar-refractivity contribution in [2.75, 3.05) is 19.8 Å². The Hall–Kier alpha value is -1.82. The van der Waals surface area contributed by atoms with Gasteiger partial charge in [-0.2, -0.15) is 0 Å². The van der Waals surface area contributed by atoms with Crippen molar-refractivity contribution < 1.29 is 23.8 Å². The van der Waals surface area contributed by atoms with Crippen molar-refractivity contribution in [1.29, 1.82) is 0 Å². The van der Waals surface area contributed by atoms with Crippen molar-refractivity contribution in [2.45, 2.75) is 6.54 Å². The van der Waals surface area contributed by atoms with Gasteiger partial charge >= 0.3 is 5.97 Å². The zero-order chi connectivity index (χ0) is 11.5. The standard InChI is InChI=1S/C10H11NO5/c12-8-6-15-4-2-11(8)5-7-1-3-16-9(7)10(13)14/h1,3H,2,4-6H2,(H,13,14). The first kappa shape index (κ1) is 10.7. The fourth-order valence-electron chi connectivity index (χ4n) is 1.57. The summed E-state index contributed by atoms with van der Waals surface area (Å²) in [4.78, 5) is 23.8. The van der Waals surface area contributed by atoms with Gasteiger partial charge in [0.1, 0.15) is 6.61 Å². The molecule has 0 spiro atoms. The van der Waals surface area contributed by atoms with E-state index in [1.165, 1.54) is 6.26 Å². The number of carbonyl (C=O) groups excluding carboxylic acids is 1. The second-order valence-corrected chi connectivity index (χ2v) is 3.45. The topological polar surface area (TPSA) is 80.0 Å². The molecule has 0 atom stereocenters. The molecule has 2 rings (SSSR count). The summed E-state index contributed by atoms with van der Waals surface area (Å²) >= 11 is 0. The number of nitrogens with zero attached hydrogens (tertiary/aromatic N) is 1. The second-order valence-electron chi connectivity index (χ2n) is 3.45. The van der Waals surface area contributed by atoms with Gasteiger partial charge in [-0.05, 0) is 6.07 Å². The van der Waals surface area contributed by atoms with Crippen LogP contribution in [-0.4, -0.2) is 41.6 Å². The molecule has 0 radical (unpaired) electrons. The first-order chi connectivity index (χ1) is 7.68. The largest absolute Gasteiger partial charge is 0.475 e. The molecule has 1 aliphatic rings. The van der Waals surface area contributed by atoms with Gasteiger partial charge in [-0.3, -0.25) is 4.79 Å². The molecule has 1 aliphatic heterocycles. The fraction of sp³-hybridized carbons (Fsp3) is 0.400. The molecule has 1 aromatic heterocycles. The summed E-state index contributed by atoms with van der Waals surface area (Å²) in [6.45, 7) is 1.26. The highest BCUT2D eigenvalue weighted by atomic mass is 16.5.